The number of aromatic nitrogens is 2. The van der Waals surface area contributed by atoms with Crippen molar-refractivity contribution in [3.05, 3.63) is 76.3 Å². The minimum Gasteiger partial charge on any atom is -0.299 e. The van der Waals surface area contributed by atoms with Gasteiger partial charge in [0.1, 0.15) is 5.65 Å². The number of rotatable bonds is 7. The molecular formula is C22H27N5O3S. The van der Waals surface area contributed by atoms with Crippen LogP contribution in [0.25, 0.3) is 5.65 Å². The molecule has 1 N–H and O–H groups in total. The van der Waals surface area contributed by atoms with Crippen LogP contribution in [-0.2, 0) is 16.6 Å². The molecule has 0 atom stereocenters. The molecule has 3 aromatic rings. The van der Waals surface area contributed by atoms with Crippen LogP contribution in [0.15, 0.2) is 64.4 Å². The van der Waals surface area contributed by atoms with Crippen LogP contribution in [0.2, 0.25) is 0 Å². The van der Waals surface area contributed by atoms with Crippen LogP contribution in [0.1, 0.15) is 11.3 Å². The maximum Gasteiger partial charge on any atom is 0.258 e. The number of hydrogen-bond donors (Lipinski definition) is 1. The Morgan fingerprint density at radius 3 is 2.45 bits per heavy atom. The first kappa shape index (κ1) is 21.6. The van der Waals surface area contributed by atoms with E-state index < -0.39 is 10.0 Å². The van der Waals surface area contributed by atoms with Crippen molar-refractivity contribution in [1.29, 1.82) is 0 Å². The number of benzene rings is 1. The molecule has 1 aliphatic heterocycles. The molecule has 9 heteroatoms. The maximum absolute atomic E-state index is 12.4. The normalized spacial score (nSPS) is 16.0. The Labute approximate surface area is 182 Å². The van der Waals surface area contributed by atoms with Crippen LogP contribution in [0.3, 0.4) is 0 Å². The summed E-state index contributed by atoms with van der Waals surface area (Å²) in [6.07, 6.45) is 1.72. The second-order valence-corrected chi connectivity index (χ2v) is 9.61. The standard InChI is InChI=1S/C22H27N5O3S/c1-18-5-7-20(8-6-18)31(29,30)23-9-11-25-12-14-26(15-13-25)17-19-16-22(28)27-10-3-2-4-21(27)24-19/h2-8,10,16,23H,9,11-15,17H2,1H3. The van der Waals surface area contributed by atoms with Crippen molar-refractivity contribution in [2.75, 3.05) is 39.3 Å². The highest BCUT2D eigenvalue weighted by Crippen LogP contribution is 2.10. The minimum atomic E-state index is -3.48. The number of piperazine rings is 1. The third kappa shape index (κ3) is 5.37. The molecule has 0 amide bonds. The Morgan fingerprint density at radius 1 is 1.00 bits per heavy atom. The van der Waals surface area contributed by atoms with E-state index in [1.807, 2.05) is 25.1 Å². The molecule has 1 saturated heterocycles. The number of aryl methyl sites for hydroxylation is 1. The molecule has 1 aromatic carbocycles. The van der Waals surface area contributed by atoms with Gasteiger partial charge in [0.25, 0.3) is 5.56 Å². The Kier molecular flexibility index (Phi) is 6.47. The van der Waals surface area contributed by atoms with E-state index in [1.165, 1.54) is 0 Å². The van der Waals surface area contributed by atoms with E-state index in [0.29, 0.717) is 30.2 Å². The minimum absolute atomic E-state index is 0.0694. The topological polar surface area (TPSA) is 87.0 Å². The molecule has 0 saturated carbocycles. The lowest BCUT2D eigenvalue weighted by molar-refractivity contribution is 0.128. The third-order valence-electron chi connectivity index (χ3n) is 5.53. The summed E-state index contributed by atoms with van der Waals surface area (Å²) in [5, 5.41) is 0. The molecule has 164 valence electrons. The molecule has 0 spiro atoms. The fourth-order valence-electron chi connectivity index (χ4n) is 3.72. The van der Waals surface area contributed by atoms with E-state index in [4.69, 9.17) is 0 Å². The fraction of sp³-hybridized carbons (Fsp3) is 0.364. The molecule has 3 heterocycles. The average molecular weight is 442 g/mol. The van der Waals surface area contributed by atoms with Crippen LogP contribution in [0.5, 0.6) is 0 Å². The average Bonchev–Trinajstić information content (AvgIpc) is 2.75. The Bertz CT molecular complexity index is 1200. The zero-order chi connectivity index (χ0) is 21.8. The Balaban J connectivity index is 1.25. The fourth-order valence-corrected chi connectivity index (χ4v) is 4.74. The lowest BCUT2D eigenvalue weighted by atomic mass is 10.2. The van der Waals surface area contributed by atoms with E-state index in [0.717, 1.165) is 37.4 Å². The first-order valence-electron chi connectivity index (χ1n) is 10.4. The quantitative estimate of drug-likeness (QED) is 0.591. The molecule has 1 aliphatic rings. The molecule has 31 heavy (non-hydrogen) atoms. The third-order valence-corrected chi connectivity index (χ3v) is 7.00. The summed E-state index contributed by atoms with van der Waals surface area (Å²) in [5.41, 5.74) is 2.39. The van der Waals surface area contributed by atoms with Crippen molar-refractivity contribution >= 4 is 15.7 Å². The van der Waals surface area contributed by atoms with E-state index >= 15 is 0 Å². The van der Waals surface area contributed by atoms with Crippen molar-refractivity contribution < 1.29 is 8.42 Å². The second-order valence-electron chi connectivity index (χ2n) is 7.84. The van der Waals surface area contributed by atoms with E-state index in [1.54, 1.807) is 40.9 Å². The van der Waals surface area contributed by atoms with E-state index in [2.05, 4.69) is 19.5 Å². The predicted octanol–water partition coefficient (Wildman–Crippen LogP) is 1.10. The van der Waals surface area contributed by atoms with E-state index in [-0.39, 0.29) is 5.56 Å². The summed E-state index contributed by atoms with van der Waals surface area (Å²) in [4.78, 5) is 21.7. The summed E-state index contributed by atoms with van der Waals surface area (Å²) >= 11 is 0. The number of sulfonamides is 1. The first-order chi connectivity index (χ1) is 14.9. The molecular weight excluding hydrogens is 414 g/mol. The summed E-state index contributed by atoms with van der Waals surface area (Å²) in [7, 11) is -3.48. The van der Waals surface area contributed by atoms with Gasteiger partial charge in [-0.1, -0.05) is 23.8 Å². The molecule has 0 bridgehead atoms. The van der Waals surface area contributed by atoms with Gasteiger partial charge in [-0.2, -0.15) is 0 Å². The highest BCUT2D eigenvalue weighted by atomic mass is 32.2. The SMILES string of the molecule is Cc1ccc(S(=O)(=O)NCCN2CCN(Cc3cc(=O)n4ccccc4n3)CC2)cc1. The van der Waals surface area contributed by atoms with Gasteiger partial charge in [0, 0.05) is 58.1 Å². The summed E-state index contributed by atoms with van der Waals surface area (Å²) in [6, 6.07) is 14.0. The van der Waals surface area contributed by atoms with Crippen molar-refractivity contribution in [3.8, 4) is 0 Å². The number of nitrogens with one attached hydrogen (secondary N) is 1. The smallest absolute Gasteiger partial charge is 0.258 e. The van der Waals surface area contributed by atoms with Gasteiger partial charge in [-0.15, -0.1) is 0 Å². The highest BCUT2D eigenvalue weighted by Gasteiger charge is 2.19. The number of fused-ring (bicyclic) bond motifs is 1. The van der Waals surface area contributed by atoms with Crippen molar-refractivity contribution in [2.45, 2.75) is 18.4 Å². The van der Waals surface area contributed by atoms with Crippen LogP contribution in [-0.4, -0.2) is 66.9 Å². The van der Waals surface area contributed by atoms with Crippen LogP contribution < -0.4 is 10.3 Å². The Hall–Kier alpha value is -2.59. The van der Waals surface area contributed by atoms with Gasteiger partial charge in [-0.05, 0) is 31.2 Å². The van der Waals surface area contributed by atoms with Gasteiger partial charge in [-0.25, -0.2) is 18.1 Å². The monoisotopic (exact) mass is 441 g/mol. The molecule has 0 aliphatic carbocycles. The maximum atomic E-state index is 12.4. The molecule has 2 aromatic heterocycles. The van der Waals surface area contributed by atoms with Crippen LogP contribution >= 0.6 is 0 Å². The number of hydrogen-bond acceptors (Lipinski definition) is 6. The summed E-state index contributed by atoms with van der Waals surface area (Å²) < 4.78 is 29.0. The summed E-state index contributed by atoms with van der Waals surface area (Å²) in [6.45, 7) is 6.99. The van der Waals surface area contributed by atoms with Crippen molar-refractivity contribution in [2.24, 2.45) is 0 Å². The molecule has 8 nitrogen and oxygen atoms in total. The zero-order valence-corrected chi connectivity index (χ0v) is 18.4. The van der Waals surface area contributed by atoms with Gasteiger partial charge in [0.05, 0.1) is 10.6 Å². The Morgan fingerprint density at radius 2 is 1.71 bits per heavy atom. The summed E-state index contributed by atoms with van der Waals surface area (Å²) in [5.74, 6) is 0. The number of nitrogens with zero attached hydrogens (tertiary/aromatic N) is 4. The van der Waals surface area contributed by atoms with Gasteiger partial charge in [-0.3, -0.25) is 19.0 Å². The molecule has 1 fully saturated rings. The van der Waals surface area contributed by atoms with E-state index in [9.17, 15) is 13.2 Å². The van der Waals surface area contributed by atoms with Crippen LogP contribution in [0, 0.1) is 6.92 Å². The largest absolute Gasteiger partial charge is 0.299 e. The second kappa shape index (κ2) is 9.27. The van der Waals surface area contributed by atoms with Crippen LogP contribution in [0.4, 0.5) is 0 Å². The highest BCUT2D eigenvalue weighted by molar-refractivity contribution is 7.89. The zero-order valence-electron chi connectivity index (χ0n) is 17.6. The van der Waals surface area contributed by atoms with Gasteiger partial charge in [0.15, 0.2) is 0 Å². The predicted molar refractivity (Wildman–Crippen MR) is 120 cm³/mol. The first-order valence-corrected chi connectivity index (χ1v) is 11.9. The van der Waals surface area contributed by atoms with Crippen molar-refractivity contribution in [3.63, 3.8) is 0 Å². The molecule has 0 unspecified atom stereocenters. The lowest BCUT2D eigenvalue weighted by Crippen LogP contribution is -2.48. The van der Waals surface area contributed by atoms with Crippen molar-refractivity contribution in [1.82, 2.24) is 23.9 Å². The molecule has 4 rings (SSSR count). The van der Waals surface area contributed by atoms with Gasteiger partial charge >= 0.3 is 0 Å². The molecule has 0 radical (unpaired) electrons. The van der Waals surface area contributed by atoms with Gasteiger partial charge < -0.3 is 0 Å². The number of pyridine rings is 1. The lowest BCUT2D eigenvalue weighted by Gasteiger charge is -2.34. The van der Waals surface area contributed by atoms with Gasteiger partial charge in [0.2, 0.25) is 10.0 Å².